The fraction of sp³-hybridized carbons (Fsp3) is 0.400. The van der Waals surface area contributed by atoms with Crippen molar-refractivity contribution < 1.29 is 0 Å². The predicted octanol–water partition coefficient (Wildman–Crippen LogP) is 4.28. The molecule has 2 aromatic rings. The van der Waals surface area contributed by atoms with E-state index in [1.807, 2.05) is 23.3 Å². The molecular formula is C15H20N2S2. The monoisotopic (exact) mass is 292 g/mol. The second kappa shape index (κ2) is 7.68. The summed E-state index contributed by atoms with van der Waals surface area (Å²) in [5.74, 6) is 1.02. The second-order valence-corrected chi connectivity index (χ2v) is 6.69. The molecule has 0 aliphatic heterocycles. The lowest BCUT2D eigenvalue weighted by Gasteiger charge is -2.18. The minimum Gasteiger partial charge on any atom is -0.309 e. The van der Waals surface area contributed by atoms with Gasteiger partial charge in [0.2, 0.25) is 0 Å². The molecule has 4 heteroatoms. The Morgan fingerprint density at radius 3 is 2.74 bits per heavy atom. The van der Waals surface area contributed by atoms with Crippen molar-refractivity contribution in [1.82, 2.24) is 10.3 Å². The molecule has 102 valence electrons. The number of hydrogen-bond donors (Lipinski definition) is 1. The lowest BCUT2D eigenvalue weighted by atomic mass is 10.1. The number of thioether (sulfide) groups is 1. The maximum atomic E-state index is 4.33. The number of aryl methyl sites for hydroxylation is 1. The van der Waals surface area contributed by atoms with Crippen LogP contribution in [0.15, 0.2) is 40.2 Å². The quantitative estimate of drug-likeness (QED) is 0.771. The summed E-state index contributed by atoms with van der Waals surface area (Å²) < 4.78 is 1.15. The summed E-state index contributed by atoms with van der Waals surface area (Å²) in [5.41, 5.74) is 2.67. The Hall–Kier alpha value is -0.840. The zero-order chi connectivity index (χ0) is 13.5. The van der Waals surface area contributed by atoms with Crippen LogP contribution in [0.5, 0.6) is 0 Å². The van der Waals surface area contributed by atoms with Crippen LogP contribution in [0.3, 0.4) is 0 Å². The molecule has 0 radical (unpaired) electrons. The van der Waals surface area contributed by atoms with Crippen LogP contribution in [0.25, 0.3) is 0 Å². The van der Waals surface area contributed by atoms with Crippen LogP contribution in [0.4, 0.5) is 0 Å². The topological polar surface area (TPSA) is 24.9 Å². The normalized spacial score (nSPS) is 12.5. The van der Waals surface area contributed by atoms with Crippen LogP contribution >= 0.6 is 23.1 Å². The molecule has 2 rings (SSSR count). The standard InChI is InChI=1S/C15H20N2S2/c1-3-8-16-14(11-19-15-17-9-10-18-15)13-6-4-12(2)5-7-13/h4-7,9-10,14,16H,3,8,11H2,1-2H3. The van der Waals surface area contributed by atoms with Crippen molar-refractivity contribution in [3.63, 3.8) is 0 Å². The van der Waals surface area contributed by atoms with Gasteiger partial charge in [-0.25, -0.2) is 4.98 Å². The maximum Gasteiger partial charge on any atom is 0.149 e. The molecule has 1 unspecified atom stereocenters. The van der Waals surface area contributed by atoms with Crippen LogP contribution in [0, 0.1) is 6.92 Å². The van der Waals surface area contributed by atoms with Gasteiger partial charge in [-0.05, 0) is 25.5 Å². The number of nitrogens with zero attached hydrogens (tertiary/aromatic N) is 1. The van der Waals surface area contributed by atoms with Gasteiger partial charge in [0.15, 0.2) is 0 Å². The number of aromatic nitrogens is 1. The van der Waals surface area contributed by atoms with E-state index in [1.165, 1.54) is 11.1 Å². The van der Waals surface area contributed by atoms with E-state index in [-0.39, 0.29) is 0 Å². The van der Waals surface area contributed by atoms with Gasteiger partial charge >= 0.3 is 0 Å². The average molecular weight is 292 g/mol. The Morgan fingerprint density at radius 2 is 2.11 bits per heavy atom. The fourth-order valence-corrected chi connectivity index (χ4v) is 3.58. The summed E-state index contributed by atoms with van der Waals surface area (Å²) >= 11 is 3.54. The smallest absolute Gasteiger partial charge is 0.149 e. The first-order chi connectivity index (χ1) is 9.29. The first-order valence-corrected chi connectivity index (χ1v) is 8.48. The van der Waals surface area contributed by atoms with Gasteiger partial charge in [0.25, 0.3) is 0 Å². The molecule has 1 aromatic heterocycles. The molecule has 0 aliphatic carbocycles. The molecule has 0 aliphatic rings. The molecule has 0 saturated heterocycles. The average Bonchev–Trinajstić information content (AvgIpc) is 2.93. The van der Waals surface area contributed by atoms with Crippen LogP contribution in [0.2, 0.25) is 0 Å². The zero-order valence-electron chi connectivity index (χ0n) is 11.4. The van der Waals surface area contributed by atoms with Gasteiger partial charge in [-0.2, -0.15) is 0 Å². The minimum atomic E-state index is 0.398. The van der Waals surface area contributed by atoms with Crippen molar-refractivity contribution in [2.45, 2.75) is 30.6 Å². The zero-order valence-corrected chi connectivity index (χ0v) is 13.1. The van der Waals surface area contributed by atoms with Gasteiger partial charge in [0, 0.05) is 23.4 Å². The highest BCUT2D eigenvalue weighted by Gasteiger charge is 2.11. The van der Waals surface area contributed by atoms with E-state index in [2.05, 4.69) is 48.4 Å². The Labute approximate surface area is 123 Å². The van der Waals surface area contributed by atoms with Gasteiger partial charge in [-0.3, -0.25) is 0 Å². The Bertz CT molecular complexity index is 465. The van der Waals surface area contributed by atoms with Crippen molar-refractivity contribution >= 4 is 23.1 Å². The molecule has 0 fully saturated rings. The molecule has 1 atom stereocenters. The molecule has 2 nitrogen and oxygen atoms in total. The number of thiazole rings is 1. The first-order valence-electron chi connectivity index (χ1n) is 6.62. The fourth-order valence-electron chi connectivity index (χ4n) is 1.83. The van der Waals surface area contributed by atoms with Gasteiger partial charge in [0.05, 0.1) is 0 Å². The number of nitrogens with one attached hydrogen (secondary N) is 1. The summed E-state index contributed by atoms with van der Waals surface area (Å²) in [4.78, 5) is 4.33. The Morgan fingerprint density at radius 1 is 1.32 bits per heavy atom. The third-order valence-corrected chi connectivity index (χ3v) is 4.96. The van der Waals surface area contributed by atoms with Crippen molar-refractivity contribution in [3.8, 4) is 0 Å². The molecule has 1 heterocycles. The molecular weight excluding hydrogens is 272 g/mol. The molecule has 1 N–H and O–H groups in total. The van der Waals surface area contributed by atoms with Gasteiger partial charge in [-0.15, -0.1) is 11.3 Å². The summed E-state index contributed by atoms with van der Waals surface area (Å²) in [6, 6.07) is 9.22. The second-order valence-electron chi connectivity index (χ2n) is 4.53. The van der Waals surface area contributed by atoms with E-state index in [0.717, 1.165) is 23.1 Å². The van der Waals surface area contributed by atoms with Crippen molar-refractivity contribution in [2.75, 3.05) is 12.3 Å². The minimum absolute atomic E-state index is 0.398. The summed E-state index contributed by atoms with van der Waals surface area (Å²) in [6.07, 6.45) is 3.03. The van der Waals surface area contributed by atoms with E-state index in [0.29, 0.717) is 6.04 Å². The molecule has 0 amide bonds. The van der Waals surface area contributed by atoms with E-state index >= 15 is 0 Å². The van der Waals surface area contributed by atoms with E-state index in [9.17, 15) is 0 Å². The van der Waals surface area contributed by atoms with Crippen molar-refractivity contribution in [1.29, 1.82) is 0 Å². The SMILES string of the molecule is CCCNC(CSc1nccs1)c1ccc(C)cc1. The largest absolute Gasteiger partial charge is 0.309 e. The predicted molar refractivity (Wildman–Crippen MR) is 85.1 cm³/mol. The molecule has 0 spiro atoms. The third-order valence-electron chi connectivity index (χ3n) is 2.90. The van der Waals surface area contributed by atoms with Crippen LogP contribution in [-0.2, 0) is 0 Å². The molecule has 19 heavy (non-hydrogen) atoms. The summed E-state index contributed by atoms with van der Waals surface area (Å²) in [6.45, 7) is 5.38. The Kier molecular flexibility index (Phi) is 5.89. The van der Waals surface area contributed by atoms with Crippen LogP contribution in [0.1, 0.15) is 30.5 Å². The first kappa shape index (κ1) is 14.6. The maximum absolute atomic E-state index is 4.33. The van der Waals surface area contributed by atoms with Gasteiger partial charge in [-0.1, -0.05) is 48.5 Å². The number of benzene rings is 1. The third kappa shape index (κ3) is 4.64. The lowest BCUT2D eigenvalue weighted by molar-refractivity contribution is 0.577. The summed E-state index contributed by atoms with van der Waals surface area (Å²) in [5, 5.41) is 5.65. The Balaban J connectivity index is 2.00. The van der Waals surface area contributed by atoms with Crippen molar-refractivity contribution in [3.05, 3.63) is 47.0 Å². The van der Waals surface area contributed by atoms with E-state index in [4.69, 9.17) is 0 Å². The van der Waals surface area contributed by atoms with Gasteiger partial charge < -0.3 is 5.32 Å². The molecule has 0 saturated carbocycles. The van der Waals surface area contributed by atoms with Crippen molar-refractivity contribution in [2.24, 2.45) is 0 Å². The molecule has 1 aromatic carbocycles. The van der Waals surface area contributed by atoms with Crippen LogP contribution < -0.4 is 5.32 Å². The highest BCUT2D eigenvalue weighted by atomic mass is 32.2. The lowest BCUT2D eigenvalue weighted by Crippen LogP contribution is -2.24. The van der Waals surface area contributed by atoms with E-state index < -0.39 is 0 Å². The van der Waals surface area contributed by atoms with Crippen LogP contribution in [-0.4, -0.2) is 17.3 Å². The number of rotatable bonds is 7. The van der Waals surface area contributed by atoms with Gasteiger partial charge in [0.1, 0.15) is 4.34 Å². The summed E-state index contributed by atoms with van der Waals surface area (Å²) in [7, 11) is 0. The highest BCUT2D eigenvalue weighted by molar-refractivity contribution is 8.01. The highest BCUT2D eigenvalue weighted by Crippen LogP contribution is 2.26. The molecule has 0 bridgehead atoms. The van der Waals surface area contributed by atoms with E-state index in [1.54, 1.807) is 11.3 Å². The number of hydrogen-bond acceptors (Lipinski definition) is 4.